The molecule has 1 amide bonds. The summed E-state index contributed by atoms with van der Waals surface area (Å²) in [6, 6.07) is 13.1. The molecule has 0 saturated heterocycles. The summed E-state index contributed by atoms with van der Waals surface area (Å²) in [4.78, 5) is 16.4. The Morgan fingerprint density at radius 2 is 1.93 bits per heavy atom. The molecule has 0 bridgehead atoms. The van der Waals surface area contributed by atoms with Gasteiger partial charge in [0.05, 0.1) is 10.4 Å². The second-order valence-electron chi connectivity index (χ2n) is 8.44. The number of H-pyrrole nitrogens is 1. The van der Waals surface area contributed by atoms with Crippen molar-refractivity contribution in [3.8, 4) is 5.75 Å². The van der Waals surface area contributed by atoms with Crippen molar-refractivity contribution in [2.75, 3.05) is 5.32 Å². The molecule has 0 atom stereocenters. The minimum atomic E-state index is -0.578. The molecule has 4 rings (SSSR count). The Bertz CT molecular complexity index is 1050. The van der Waals surface area contributed by atoms with Gasteiger partial charge in [0.1, 0.15) is 5.75 Å². The van der Waals surface area contributed by atoms with Crippen LogP contribution < -0.4 is 5.32 Å². The van der Waals surface area contributed by atoms with Crippen molar-refractivity contribution >= 4 is 34.1 Å². The monoisotopic (exact) mass is 386 g/mol. The fourth-order valence-electron chi connectivity index (χ4n) is 3.45. The van der Waals surface area contributed by atoms with E-state index in [1.807, 2.05) is 24.3 Å². The van der Waals surface area contributed by atoms with Gasteiger partial charge >= 0.3 is 0 Å². The maximum atomic E-state index is 13.0. The van der Waals surface area contributed by atoms with Crippen molar-refractivity contribution in [1.29, 1.82) is 0 Å². The fourth-order valence-corrected chi connectivity index (χ4v) is 3.56. The summed E-state index contributed by atoms with van der Waals surface area (Å²) in [7, 11) is 0. The number of carbonyl (C=O) groups excluding carboxylic acids is 1. The summed E-state index contributed by atoms with van der Waals surface area (Å²) in [5.74, 6) is -0.0353. The van der Waals surface area contributed by atoms with Crippen LogP contribution in [-0.4, -0.2) is 16.0 Å². The van der Waals surface area contributed by atoms with Crippen molar-refractivity contribution in [3.05, 3.63) is 58.7 Å². The van der Waals surface area contributed by atoms with Crippen LogP contribution in [0.1, 0.15) is 47.7 Å². The fraction of sp³-hybridized carbons (Fsp3) is 0.318. The van der Waals surface area contributed by atoms with Gasteiger partial charge in [-0.2, -0.15) is 0 Å². The number of aromatic nitrogens is 1. The number of benzene rings is 2. The number of amides is 1. The van der Waals surface area contributed by atoms with E-state index in [-0.39, 0.29) is 19.9 Å². The highest BCUT2D eigenvalue weighted by Gasteiger charge is 2.51. The van der Waals surface area contributed by atoms with Gasteiger partial charge in [0, 0.05) is 30.6 Å². The molecule has 3 N–H and O–H groups in total. The number of rotatable bonds is 3. The van der Waals surface area contributed by atoms with E-state index in [9.17, 15) is 9.90 Å². The van der Waals surface area contributed by atoms with Crippen LogP contribution in [0.2, 0.25) is 5.02 Å². The maximum Gasteiger partial charge on any atom is 0.235 e. The van der Waals surface area contributed by atoms with Gasteiger partial charge in [0.2, 0.25) is 5.91 Å². The summed E-state index contributed by atoms with van der Waals surface area (Å²) >= 11 is 5.90. The third-order valence-electron chi connectivity index (χ3n) is 5.37. The van der Waals surface area contributed by atoms with Crippen molar-refractivity contribution in [3.63, 3.8) is 0 Å². The van der Waals surface area contributed by atoms with E-state index >= 15 is 0 Å². The van der Waals surface area contributed by atoms with Gasteiger partial charge in [-0.3, -0.25) is 4.79 Å². The minimum Gasteiger partial charge on any atom is -0.506 e. The van der Waals surface area contributed by atoms with Crippen molar-refractivity contribution < 1.29 is 12.8 Å². The first-order chi connectivity index (χ1) is 12.7. The molecule has 5 heteroatoms. The van der Waals surface area contributed by atoms with Gasteiger partial charge in [-0.15, -0.1) is 0 Å². The first-order valence-electron chi connectivity index (χ1n) is 9.13. The number of phenols is 1. The lowest BCUT2D eigenvalue weighted by molar-refractivity contribution is -0.118. The normalized spacial score (nSPS) is 15.7. The van der Waals surface area contributed by atoms with Gasteiger partial charge in [-0.05, 0) is 54.8 Å². The summed E-state index contributed by atoms with van der Waals surface area (Å²) in [6.45, 7) is 6.50. The number of carbonyl (C=O) groups is 1. The zero-order valence-electron chi connectivity index (χ0n) is 15.7. The van der Waals surface area contributed by atoms with Crippen molar-refractivity contribution in [2.45, 2.75) is 44.4 Å². The molecule has 1 aliphatic carbocycles. The Kier molecular flexibility index (Phi) is 4.00. The number of phenolic OH excluding ortho intramolecular Hbond substituents is 1. The van der Waals surface area contributed by atoms with Crippen LogP contribution in [0.4, 0.5) is 5.69 Å². The van der Waals surface area contributed by atoms with Crippen LogP contribution in [0.3, 0.4) is 0 Å². The number of halogens is 1. The Labute approximate surface area is 166 Å². The lowest BCUT2D eigenvalue weighted by Crippen LogP contribution is -2.27. The molecular weight excluding hydrogens is 360 g/mol. The number of aromatic hydroxyl groups is 1. The Morgan fingerprint density at radius 1 is 1.19 bits per heavy atom. The smallest absolute Gasteiger partial charge is 0.235 e. The van der Waals surface area contributed by atoms with Crippen LogP contribution in [0.25, 0.3) is 10.9 Å². The van der Waals surface area contributed by atoms with E-state index in [0.29, 0.717) is 5.02 Å². The molecule has 1 aromatic heterocycles. The summed E-state index contributed by atoms with van der Waals surface area (Å²) < 4.78 is 0. The number of nitrogens with one attached hydrogen (secondary N) is 2. The number of aromatic amines is 1. The molecule has 1 saturated carbocycles. The second kappa shape index (κ2) is 6.03. The predicted octanol–water partition coefficient (Wildman–Crippen LogP) is 5.99. The van der Waals surface area contributed by atoms with Gasteiger partial charge in [0.25, 0.3) is 0 Å². The SMILES string of the molecule is CC(C)(C)c1cc2cc(NC(=O)C3(c4ccc(Cl)c(O)c4)CC3)ccc2[nH]1.[HH].[HH]. The van der Waals surface area contributed by atoms with Crippen LogP contribution in [-0.2, 0) is 15.6 Å². The molecule has 3 aromatic rings. The highest BCUT2D eigenvalue weighted by Crippen LogP contribution is 2.50. The van der Waals surface area contributed by atoms with E-state index in [4.69, 9.17) is 11.6 Å². The largest absolute Gasteiger partial charge is 0.506 e. The Hall–Kier alpha value is -2.46. The summed E-state index contributed by atoms with van der Waals surface area (Å²) in [6.07, 6.45) is 1.53. The number of fused-ring (bicyclic) bond motifs is 1. The van der Waals surface area contributed by atoms with Crippen LogP contribution in [0.5, 0.6) is 5.75 Å². The van der Waals surface area contributed by atoms with Gasteiger partial charge in [0.15, 0.2) is 0 Å². The third kappa shape index (κ3) is 3.19. The molecule has 0 unspecified atom stereocenters. The molecule has 1 heterocycles. The van der Waals surface area contributed by atoms with E-state index in [1.54, 1.807) is 12.1 Å². The van der Waals surface area contributed by atoms with E-state index < -0.39 is 5.41 Å². The maximum absolute atomic E-state index is 13.0. The van der Waals surface area contributed by atoms with Crippen LogP contribution in [0, 0.1) is 0 Å². The van der Waals surface area contributed by atoms with E-state index in [1.165, 1.54) is 0 Å². The lowest BCUT2D eigenvalue weighted by atomic mass is 9.92. The highest BCUT2D eigenvalue weighted by atomic mass is 35.5. The van der Waals surface area contributed by atoms with Gasteiger partial charge in [-0.1, -0.05) is 38.4 Å². The summed E-state index contributed by atoms with van der Waals surface area (Å²) in [5.41, 5.74) is 3.26. The number of hydrogen-bond donors (Lipinski definition) is 3. The third-order valence-corrected chi connectivity index (χ3v) is 5.69. The van der Waals surface area contributed by atoms with Gasteiger partial charge < -0.3 is 15.4 Å². The lowest BCUT2D eigenvalue weighted by Gasteiger charge is -2.16. The second-order valence-corrected chi connectivity index (χ2v) is 8.84. The molecule has 27 heavy (non-hydrogen) atoms. The number of anilines is 1. The molecule has 0 spiro atoms. The molecule has 1 fully saturated rings. The zero-order chi connectivity index (χ0) is 19.4. The highest BCUT2D eigenvalue weighted by molar-refractivity contribution is 6.32. The van der Waals surface area contributed by atoms with E-state index in [2.05, 4.69) is 37.1 Å². The molecular formula is C22H27ClN2O2. The molecule has 0 radical (unpaired) electrons. The standard InChI is InChI=1S/C22H23ClN2O2.2H2/c1-21(2,3)19-11-13-10-15(5-7-17(13)25-19)24-20(27)22(8-9-22)14-4-6-16(23)18(26)12-14;;/h4-7,10-12,25-26H,8-9H2,1-3H3,(H,24,27);2*1H. The zero-order valence-corrected chi connectivity index (χ0v) is 16.4. The molecule has 1 aliphatic rings. The van der Waals surface area contributed by atoms with Crippen molar-refractivity contribution in [1.82, 2.24) is 4.98 Å². The van der Waals surface area contributed by atoms with E-state index in [0.717, 1.165) is 40.7 Å². The van der Waals surface area contributed by atoms with Crippen molar-refractivity contribution in [2.24, 2.45) is 0 Å². The van der Waals surface area contributed by atoms with Gasteiger partial charge in [-0.25, -0.2) is 0 Å². The first kappa shape index (κ1) is 17.9. The van der Waals surface area contributed by atoms with Crippen LogP contribution >= 0.6 is 11.6 Å². The molecule has 2 aromatic carbocycles. The molecule has 144 valence electrons. The molecule has 4 nitrogen and oxygen atoms in total. The Balaban J connectivity index is 0.00000150. The quantitative estimate of drug-likeness (QED) is 0.517. The first-order valence-corrected chi connectivity index (χ1v) is 9.51. The topological polar surface area (TPSA) is 65.1 Å². The minimum absolute atomic E-state index is 0. The Morgan fingerprint density at radius 3 is 2.56 bits per heavy atom. The average Bonchev–Trinajstić information content (AvgIpc) is 3.29. The molecule has 0 aliphatic heterocycles. The van der Waals surface area contributed by atoms with Crippen LogP contribution in [0.15, 0.2) is 42.5 Å². The summed E-state index contributed by atoms with van der Waals surface area (Å²) in [5, 5.41) is 14.3. The predicted molar refractivity (Wildman–Crippen MR) is 114 cm³/mol. The average molecular weight is 387 g/mol. The number of hydrogen-bond acceptors (Lipinski definition) is 2.